The second-order valence-electron chi connectivity index (χ2n) is 8.30. The highest BCUT2D eigenvalue weighted by atomic mass is 16.2. The third kappa shape index (κ3) is 4.36. The minimum Gasteiger partial charge on any atom is -0.366 e. The fraction of sp³-hybridized carbons (Fsp3) is 0.500. The average molecular weight is 425 g/mol. The summed E-state index contributed by atoms with van der Waals surface area (Å²) in [6.07, 6.45) is 9.82. The smallest absolute Gasteiger partial charge is 0.274 e. The summed E-state index contributed by atoms with van der Waals surface area (Å²) >= 11 is 0. The van der Waals surface area contributed by atoms with Crippen LogP contribution in [0, 0.1) is 0 Å². The first kappa shape index (κ1) is 21.2. The van der Waals surface area contributed by atoms with Crippen LogP contribution in [0.1, 0.15) is 72.7 Å². The molecular weight excluding hydrogens is 396 g/mol. The van der Waals surface area contributed by atoms with Gasteiger partial charge in [0.1, 0.15) is 12.0 Å². The molecule has 9 heteroatoms. The second kappa shape index (κ2) is 8.97. The third-order valence-corrected chi connectivity index (χ3v) is 6.21. The Kier molecular flexibility index (Phi) is 6.13. The Morgan fingerprint density at radius 2 is 2.16 bits per heavy atom. The molecule has 2 aromatic rings. The Hall–Kier alpha value is -3.07. The molecule has 3 heterocycles. The summed E-state index contributed by atoms with van der Waals surface area (Å²) in [5.41, 5.74) is 7.92. The lowest BCUT2D eigenvalue weighted by Crippen LogP contribution is -2.36. The number of carbonyl (C=O) groups excluding carboxylic acids is 2. The number of anilines is 1. The lowest BCUT2D eigenvalue weighted by Gasteiger charge is -2.26. The SMILES string of the molecule is CC(CCNC1CCCc2ncncc21)n1cc(C(N)=O)cc(N2CCCC2=O)c1=O. The highest BCUT2D eigenvalue weighted by Crippen LogP contribution is 2.27. The topological polar surface area (TPSA) is 123 Å². The fourth-order valence-corrected chi connectivity index (χ4v) is 4.46. The molecule has 2 atom stereocenters. The molecule has 31 heavy (non-hydrogen) atoms. The van der Waals surface area contributed by atoms with Crippen LogP contribution in [-0.4, -0.2) is 39.4 Å². The Morgan fingerprint density at radius 3 is 2.90 bits per heavy atom. The number of aromatic nitrogens is 3. The zero-order chi connectivity index (χ0) is 22.0. The molecule has 0 aromatic carbocycles. The number of hydrogen-bond donors (Lipinski definition) is 2. The van der Waals surface area contributed by atoms with Crippen molar-refractivity contribution >= 4 is 17.5 Å². The Morgan fingerprint density at radius 1 is 1.32 bits per heavy atom. The van der Waals surface area contributed by atoms with Crippen molar-refractivity contribution in [3.05, 3.63) is 52.0 Å². The quantitative estimate of drug-likeness (QED) is 0.694. The summed E-state index contributed by atoms with van der Waals surface area (Å²) in [7, 11) is 0. The molecule has 1 aliphatic heterocycles. The van der Waals surface area contributed by atoms with Gasteiger partial charge in [-0.2, -0.15) is 0 Å². The molecule has 2 unspecified atom stereocenters. The Bertz CT molecular complexity index is 1050. The monoisotopic (exact) mass is 424 g/mol. The molecule has 1 saturated heterocycles. The van der Waals surface area contributed by atoms with Gasteiger partial charge in [0.25, 0.3) is 5.56 Å². The van der Waals surface area contributed by atoms with E-state index in [0.717, 1.165) is 30.5 Å². The number of rotatable bonds is 7. The van der Waals surface area contributed by atoms with Crippen LogP contribution in [0.4, 0.5) is 5.69 Å². The van der Waals surface area contributed by atoms with Crippen LogP contribution in [0.3, 0.4) is 0 Å². The molecule has 9 nitrogen and oxygen atoms in total. The number of nitrogens with one attached hydrogen (secondary N) is 1. The summed E-state index contributed by atoms with van der Waals surface area (Å²) < 4.78 is 1.53. The minimum atomic E-state index is -0.620. The van der Waals surface area contributed by atoms with E-state index >= 15 is 0 Å². The maximum absolute atomic E-state index is 13.1. The van der Waals surface area contributed by atoms with Crippen LogP contribution in [0.15, 0.2) is 29.6 Å². The zero-order valence-electron chi connectivity index (χ0n) is 17.7. The van der Waals surface area contributed by atoms with E-state index in [9.17, 15) is 14.4 Å². The number of aryl methyl sites for hydroxylation is 1. The first-order valence-corrected chi connectivity index (χ1v) is 10.8. The molecule has 2 aliphatic rings. The normalized spacial score (nSPS) is 19.3. The molecule has 4 rings (SSSR count). The van der Waals surface area contributed by atoms with Gasteiger partial charge < -0.3 is 20.5 Å². The number of primary amides is 1. The van der Waals surface area contributed by atoms with E-state index in [0.29, 0.717) is 32.4 Å². The van der Waals surface area contributed by atoms with Crippen LogP contribution in [0.2, 0.25) is 0 Å². The van der Waals surface area contributed by atoms with E-state index in [-0.39, 0.29) is 34.8 Å². The first-order valence-electron chi connectivity index (χ1n) is 10.8. The molecule has 0 radical (unpaired) electrons. The highest BCUT2D eigenvalue weighted by molar-refractivity contribution is 5.98. The van der Waals surface area contributed by atoms with Crippen LogP contribution < -0.4 is 21.5 Å². The van der Waals surface area contributed by atoms with Crippen molar-refractivity contribution in [3.63, 3.8) is 0 Å². The van der Waals surface area contributed by atoms with Crippen LogP contribution in [-0.2, 0) is 11.2 Å². The van der Waals surface area contributed by atoms with Gasteiger partial charge in [0.2, 0.25) is 11.8 Å². The van der Waals surface area contributed by atoms with Crippen LogP contribution in [0.5, 0.6) is 0 Å². The second-order valence-corrected chi connectivity index (χ2v) is 8.30. The van der Waals surface area contributed by atoms with Crippen LogP contribution in [0.25, 0.3) is 0 Å². The van der Waals surface area contributed by atoms with Gasteiger partial charge in [-0.1, -0.05) is 0 Å². The summed E-state index contributed by atoms with van der Waals surface area (Å²) in [6, 6.07) is 1.46. The summed E-state index contributed by atoms with van der Waals surface area (Å²) in [5.74, 6) is -0.719. The van der Waals surface area contributed by atoms with Gasteiger partial charge in [0.05, 0.1) is 5.56 Å². The summed E-state index contributed by atoms with van der Waals surface area (Å²) in [4.78, 5) is 47.2. The summed E-state index contributed by atoms with van der Waals surface area (Å²) in [6.45, 7) is 3.10. The molecule has 2 amide bonds. The minimum absolute atomic E-state index is 0.0993. The number of nitrogens with zero attached hydrogens (tertiary/aromatic N) is 4. The van der Waals surface area contributed by atoms with E-state index in [1.165, 1.54) is 21.7 Å². The van der Waals surface area contributed by atoms with Gasteiger partial charge in [-0.05, 0) is 51.6 Å². The third-order valence-electron chi connectivity index (χ3n) is 6.21. The predicted octanol–water partition coefficient (Wildman–Crippen LogP) is 1.48. The fourth-order valence-electron chi connectivity index (χ4n) is 4.46. The molecule has 1 aliphatic carbocycles. The van der Waals surface area contributed by atoms with Crippen LogP contribution >= 0.6 is 0 Å². The van der Waals surface area contributed by atoms with Crippen molar-refractivity contribution in [2.75, 3.05) is 18.0 Å². The van der Waals surface area contributed by atoms with Crippen molar-refractivity contribution < 1.29 is 9.59 Å². The van der Waals surface area contributed by atoms with Crippen molar-refractivity contribution in [3.8, 4) is 0 Å². The predicted molar refractivity (Wildman–Crippen MR) is 116 cm³/mol. The van der Waals surface area contributed by atoms with E-state index in [4.69, 9.17) is 5.73 Å². The molecular formula is C22H28N6O3. The van der Waals surface area contributed by atoms with Gasteiger partial charge in [-0.15, -0.1) is 0 Å². The molecule has 0 saturated carbocycles. The highest BCUT2D eigenvalue weighted by Gasteiger charge is 2.27. The van der Waals surface area contributed by atoms with Gasteiger partial charge in [-0.25, -0.2) is 9.97 Å². The van der Waals surface area contributed by atoms with Crippen molar-refractivity contribution in [2.45, 2.75) is 57.5 Å². The molecule has 0 spiro atoms. The molecule has 2 aromatic heterocycles. The average Bonchev–Trinajstić information content (AvgIpc) is 3.19. The van der Waals surface area contributed by atoms with Gasteiger partial charge in [-0.3, -0.25) is 14.4 Å². The van der Waals surface area contributed by atoms with E-state index in [1.807, 2.05) is 13.1 Å². The number of nitrogens with two attached hydrogens (primary N) is 1. The number of carbonyl (C=O) groups is 2. The van der Waals surface area contributed by atoms with Gasteiger partial charge >= 0.3 is 0 Å². The van der Waals surface area contributed by atoms with Crippen molar-refractivity contribution in [2.24, 2.45) is 5.73 Å². The molecule has 1 fully saturated rings. The molecule has 0 bridgehead atoms. The number of hydrogen-bond acceptors (Lipinski definition) is 6. The van der Waals surface area contributed by atoms with Gasteiger partial charge in [0.15, 0.2) is 0 Å². The van der Waals surface area contributed by atoms with Gasteiger partial charge in [0, 0.05) is 48.7 Å². The Balaban J connectivity index is 1.50. The van der Waals surface area contributed by atoms with E-state index in [2.05, 4.69) is 15.3 Å². The van der Waals surface area contributed by atoms with E-state index < -0.39 is 5.91 Å². The molecule has 3 N–H and O–H groups in total. The number of pyridine rings is 1. The Labute approximate surface area is 180 Å². The molecule has 164 valence electrons. The first-order chi connectivity index (χ1) is 15.0. The maximum Gasteiger partial charge on any atom is 0.274 e. The number of amides is 2. The lowest BCUT2D eigenvalue weighted by atomic mass is 9.92. The van der Waals surface area contributed by atoms with E-state index in [1.54, 1.807) is 6.33 Å². The van der Waals surface area contributed by atoms with Crippen molar-refractivity contribution in [1.29, 1.82) is 0 Å². The standard InChI is InChI=1S/C22H28N6O3/c1-14(7-8-25-17-4-2-5-18-16(17)11-24-13-26-18)28-12-15(21(23)30)10-19(22(28)31)27-9-3-6-20(27)29/h10-14,17,25H,2-9H2,1H3,(H2,23,30). The van der Waals surface area contributed by atoms with Crippen molar-refractivity contribution in [1.82, 2.24) is 19.9 Å². The zero-order valence-corrected chi connectivity index (χ0v) is 17.7. The number of fused-ring (bicyclic) bond motifs is 1. The largest absolute Gasteiger partial charge is 0.366 e. The maximum atomic E-state index is 13.1. The lowest BCUT2D eigenvalue weighted by molar-refractivity contribution is -0.117. The summed E-state index contributed by atoms with van der Waals surface area (Å²) in [5, 5.41) is 3.56.